The van der Waals surface area contributed by atoms with Crippen molar-refractivity contribution < 1.29 is 5.11 Å². The molecule has 2 heteroatoms. The number of hydrogen-bond donors (Lipinski definition) is 2. The van der Waals surface area contributed by atoms with Gasteiger partial charge in [-0.05, 0) is 44.4 Å². The zero-order valence-electron chi connectivity index (χ0n) is 9.54. The van der Waals surface area contributed by atoms with Gasteiger partial charge in [0.25, 0.3) is 0 Å². The Morgan fingerprint density at radius 2 is 1.73 bits per heavy atom. The maximum Gasteiger partial charge on any atom is 0.0828 e. The molecule has 0 aliphatic heterocycles. The Hall–Kier alpha value is -0.0800. The van der Waals surface area contributed by atoms with Crippen LogP contribution < -0.4 is 5.32 Å². The maximum atomic E-state index is 10.9. The van der Waals surface area contributed by atoms with Gasteiger partial charge in [-0.15, -0.1) is 0 Å². The van der Waals surface area contributed by atoms with Gasteiger partial charge < -0.3 is 10.4 Å². The minimum Gasteiger partial charge on any atom is -0.388 e. The average molecular weight is 209 g/mol. The number of rotatable bonds is 2. The van der Waals surface area contributed by atoms with Crippen molar-refractivity contribution in [3.8, 4) is 0 Å². The summed E-state index contributed by atoms with van der Waals surface area (Å²) >= 11 is 0. The van der Waals surface area contributed by atoms with Crippen molar-refractivity contribution in [3.05, 3.63) is 0 Å². The molecule has 0 aromatic carbocycles. The Bertz CT molecular complexity index is 237. The molecule has 0 spiro atoms. The molecule has 0 unspecified atom stereocenters. The summed E-state index contributed by atoms with van der Waals surface area (Å²) in [6.07, 6.45) is 11.3. The van der Waals surface area contributed by atoms with Gasteiger partial charge in [-0.1, -0.05) is 19.3 Å². The number of hydrogen-bond acceptors (Lipinski definition) is 2. The van der Waals surface area contributed by atoms with Crippen LogP contribution in [0.2, 0.25) is 0 Å². The molecule has 15 heavy (non-hydrogen) atoms. The lowest BCUT2D eigenvalue weighted by Gasteiger charge is -2.49. The minimum atomic E-state index is -0.348. The fourth-order valence-corrected chi connectivity index (χ4v) is 3.69. The van der Waals surface area contributed by atoms with Crippen LogP contribution in [0.15, 0.2) is 0 Å². The molecule has 0 saturated heterocycles. The first-order valence-electron chi connectivity index (χ1n) is 6.77. The van der Waals surface area contributed by atoms with Crippen LogP contribution in [0.5, 0.6) is 0 Å². The van der Waals surface area contributed by atoms with Crippen molar-refractivity contribution in [2.24, 2.45) is 5.92 Å². The molecule has 0 aromatic heterocycles. The lowest BCUT2D eigenvalue weighted by atomic mass is 9.65. The molecular formula is C13H23NO. The van der Waals surface area contributed by atoms with Gasteiger partial charge in [-0.3, -0.25) is 0 Å². The SMILES string of the molecule is O[C@]12CCCC[C@@H]1CCC[C@H]2NC1CC1. The normalized spacial score (nSPS) is 46.2. The lowest BCUT2D eigenvalue weighted by molar-refractivity contribution is -0.0989. The highest BCUT2D eigenvalue weighted by Gasteiger charge is 2.48. The van der Waals surface area contributed by atoms with Gasteiger partial charge in [0, 0.05) is 12.1 Å². The zero-order valence-corrected chi connectivity index (χ0v) is 9.54. The highest BCUT2D eigenvalue weighted by molar-refractivity contribution is 5.04. The number of nitrogens with one attached hydrogen (secondary N) is 1. The van der Waals surface area contributed by atoms with Crippen molar-refractivity contribution in [1.82, 2.24) is 5.32 Å². The first kappa shape index (κ1) is 10.1. The Morgan fingerprint density at radius 3 is 2.53 bits per heavy atom. The lowest BCUT2D eigenvalue weighted by Crippen LogP contribution is -2.59. The molecule has 0 aromatic rings. The van der Waals surface area contributed by atoms with Crippen molar-refractivity contribution in [1.29, 1.82) is 0 Å². The Kier molecular flexibility index (Phi) is 2.52. The van der Waals surface area contributed by atoms with Crippen LogP contribution in [0.1, 0.15) is 57.8 Å². The topological polar surface area (TPSA) is 32.3 Å². The summed E-state index contributed by atoms with van der Waals surface area (Å²) in [6, 6.07) is 1.14. The Labute approximate surface area is 92.4 Å². The summed E-state index contributed by atoms with van der Waals surface area (Å²) in [7, 11) is 0. The third kappa shape index (κ3) is 1.83. The van der Waals surface area contributed by atoms with Crippen molar-refractivity contribution in [2.75, 3.05) is 0 Å². The van der Waals surface area contributed by atoms with Gasteiger partial charge in [0.1, 0.15) is 0 Å². The molecule has 3 rings (SSSR count). The van der Waals surface area contributed by atoms with Crippen LogP contribution >= 0.6 is 0 Å². The standard InChI is InChI=1S/C13H23NO/c15-13-9-2-1-4-10(13)5-3-6-12(13)14-11-7-8-11/h10-12,14-15H,1-9H2/t10-,12-,13-/m1/s1. The molecule has 3 atom stereocenters. The first-order chi connectivity index (χ1) is 7.29. The van der Waals surface area contributed by atoms with E-state index in [9.17, 15) is 5.11 Å². The third-order valence-corrected chi connectivity index (χ3v) is 4.75. The van der Waals surface area contributed by atoms with Crippen molar-refractivity contribution >= 4 is 0 Å². The third-order valence-electron chi connectivity index (χ3n) is 4.75. The van der Waals surface area contributed by atoms with Gasteiger partial charge >= 0.3 is 0 Å². The first-order valence-corrected chi connectivity index (χ1v) is 6.77. The molecule has 3 saturated carbocycles. The van der Waals surface area contributed by atoms with E-state index in [1.54, 1.807) is 0 Å². The van der Waals surface area contributed by atoms with Gasteiger partial charge in [-0.25, -0.2) is 0 Å². The van der Waals surface area contributed by atoms with E-state index in [-0.39, 0.29) is 5.60 Å². The largest absolute Gasteiger partial charge is 0.388 e. The molecule has 0 bridgehead atoms. The zero-order chi connectivity index (χ0) is 10.3. The monoisotopic (exact) mass is 209 g/mol. The predicted molar refractivity (Wildman–Crippen MR) is 60.7 cm³/mol. The predicted octanol–water partition coefficient (Wildman–Crippen LogP) is 2.21. The average Bonchev–Trinajstić information content (AvgIpc) is 3.03. The molecule has 2 nitrogen and oxygen atoms in total. The van der Waals surface area contributed by atoms with Gasteiger partial charge in [0.2, 0.25) is 0 Å². The Balaban J connectivity index is 1.73. The molecule has 86 valence electrons. The smallest absolute Gasteiger partial charge is 0.0828 e. The van der Waals surface area contributed by atoms with Crippen molar-refractivity contribution in [2.45, 2.75) is 75.5 Å². The van der Waals surface area contributed by atoms with E-state index in [1.807, 2.05) is 0 Å². The molecule has 3 fully saturated rings. The molecule has 2 N–H and O–H groups in total. The fraction of sp³-hybridized carbons (Fsp3) is 1.00. The molecule has 0 heterocycles. The molecule has 3 aliphatic carbocycles. The fourth-order valence-electron chi connectivity index (χ4n) is 3.69. The Morgan fingerprint density at radius 1 is 0.933 bits per heavy atom. The number of fused-ring (bicyclic) bond motifs is 1. The van der Waals surface area contributed by atoms with Crippen LogP contribution in [0.25, 0.3) is 0 Å². The minimum absolute atomic E-state index is 0.348. The van der Waals surface area contributed by atoms with Crippen molar-refractivity contribution in [3.63, 3.8) is 0 Å². The maximum absolute atomic E-state index is 10.9. The second-order valence-corrected chi connectivity index (χ2v) is 5.86. The number of aliphatic hydroxyl groups is 1. The van der Waals surface area contributed by atoms with Crippen LogP contribution in [0.3, 0.4) is 0 Å². The summed E-state index contributed by atoms with van der Waals surface area (Å²) in [4.78, 5) is 0. The van der Waals surface area contributed by atoms with E-state index in [0.29, 0.717) is 12.0 Å². The van der Waals surface area contributed by atoms with Crippen LogP contribution in [0, 0.1) is 5.92 Å². The summed E-state index contributed by atoms with van der Waals surface area (Å²) in [5.74, 6) is 0.594. The van der Waals surface area contributed by atoms with Gasteiger partial charge in [-0.2, -0.15) is 0 Å². The second-order valence-electron chi connectivity index (χ2n) is 5.86. The van der Waals surface area contributed by atoms with Crippen LogP contribution in [0.4, 0.5) is 0 Å². The quantitative estimate of drug-likeness (QED) is 0.731. The molecule has 0 radical (unpaired) electrons. The van der Waals surface area contributed by atoms with Crippen LogP contribution in [-0.4, -0.2) is 22.8 Å². The van der Waals surface area contributed by atoms with Gasteiger partial charge in [0.15, 0.2) is 0 Å². The van der Waals surface area contributed by atoms with E-state index in [0.717, 1.165) is 12.5 Å². The van der Waals surface area contributed by atoms with E-state index in [4.69, 9.17) is 0 Å². The second kappa shape index (κ2) is 3.74. The highest BCUT2D eigenvalue weighted by Crippen LogP contribution is 2.44. The van der Waals surface area contributed by atoms with Gasteiger partial charge in [0.05, 0.1) is 5.60 Å². The summed E-state index contributed by atoms with van der Waals surface area (Å²) in [6.45, 7) is 0. The van der Waals surface area contributed by atoms with E-state index in [2.05, 4.69) is 5.32 Å². The molecular weight excluding hydrogens is 186 g/mol. The summed E-state index contributed by atoms with van der Waals surface area (Å²) in [5, 5.41) is 14.5. The van der Waals surface area contributed by atoms with Crippen LogP contribution in [-0.2, 0) is 0 Å². The molecule has 0 amide bonds. The summed E-state index contributed by atoms with van der Waals surface area (Å²) in [5.41, 5.74) is -0.348. The van der Waals surface area contributed by atoms with E-state index < -0.39 is 0 Å². The molecule has 3 aliphatic rings. The van der Waals surface area contributed by atoms with E-state index >= 15 is 0 Å². The van der Waals surface area contributed by atoms with E-state index in [1.165, 1.54) is 51.4 Å². The summed E-state index contributed by atoms with van der Waals surface area (Å²) < 4.78 is 0. The highest BCUT2D eigenvalue weighted by atomic mass is 16.3.